The molecule has 0 aromatic carbocycles. The van der Waals surface area contributed by atoms with Gasteiger partial charge in [0.2, 0.25) is 0 Å². The van der Waals surface area contributed by atoms with Gasteiger partial charge in [-0.05, 0) is 64.2 Å². The van der Waals surface area contributed by atoms with E-state index in [1.807, 2.05) is 0 Å². The minimum atomic E-state index is -0.0242. The van der Waals surface area contributed by atoms with E-state index in [1.54, 1.807) is 0 Å². The first-order chi connectivity index (χ1) is 11.8. The average molecular weight is 351 g/mol. The lowest BCUT2D eigenvalue weighted by Crippen LogP contribution is -2.76. The van der Waals surface area contributed by atoms with Crippen molar-refractivity contribution in [2.24, 2.45) is 23.5 Å². The summed E-state index contributed by atoms with van der Waals surface area (Å²) >= 11 is 0. The zero-order valence-electron chi connectivity index (χ0n) is 17.4. The molecule has 3 rings (SSSR count). The van der Waals surface area contributed by atoms with E-state index in [0.29, 0.717) is 18.0 Å². The van der Waals surface area contributed by atoms with E-state index in [0.717, 1.165) is 25.0 Å². The van der Waals surface area contributed by atoms with Crippen molar-refractivity contribution < 1.29 is 4.74 Å². The number of hydrogen-bond donors (Lipinski definition) is 1. The minimum Gasteiger partial charge on any atom is -0.377 e. The first-order valence-corrected chi connectivity index (χ1v) is 10.9. The van der Waals surface area contributed by atoms with Gasteiger partial charge in [-0.3, -0.25) is 4.90 Å². The monoisotopic (exact) mass is 350 g/mol. The Morgan fingerprint density at radius 1 is 1.08 bits per heavy atom. The Kier molecular flexibility index (Phi) is 5.88. The number of nitrogens with two attached hydrogens (primary N) is 1. The van der Waals surface area contributed by atoms with E-state index in [4.69, 9.17) is 10.5 Å². The number of fused-ring (bicyclic) bond motifs is 1. The van der Waals surface area contributed by atoms with Crippen LogP contribution >= 0.6 is 0 Å². The van der Waals surface area contributed by atoms with Crippen LogP contribution in [-0.2, 0) is 4.74 Å². The Morgan fingerprint density at radius 2 is 1.76 bits per heavy atom. The third kappa shape index (κ3) is 3.66. The van der Waals surface area contributed by atoms with Crippen LogP contribution in [0.25, 0.3) is 0 Å². The molecule has 0 aromatic rings. The molecule has 0 aromatic heterocycles. The van der Waals surface area contributed by atoms with Crippen LogP contribution in [-0.4, -0.2) is 41.3 Å². The van der Waals surface area contributed by atoms with Crippen LogP contribution in [0.15, 0.2) is 0 Å². The van der Waals surface area contributed by atoms with Gasteiger partial charge in [-0.25, -0.2) is 0 Å². The highest BCUT2D eigenvalue weighted by Crippen LogP contribution is 2.51. The van der Waals surface area contributed by atoms with Gasteiger partial charge in [0.05, 0.1) is 18.8 Å². The predicted molar refractivity (Wildman–Crippen MR) is 106 cm³/mol. The Labute approximate surface area is 156 Å². The van der Waals surface area contributed by atoms with Crippen LogP contribution < -0.4 is 5.73 Å². The van der Waals surface area contributed by atoms with Gasteiger partial charge in [0, 0.05) is 17.6 Å². The lowest BCUT2D eigenvalue weighted by molar-refractivity contribution is -0.229. The van der Waals surface area contributed by atoms with Gasteiger partial charge in [-0.15, -0.1) is 0 Å². The largest absolute Gasteiger partial charge is 0.377 e. The molecule has 146 valence electrons. The number of rotatable bonds is 3. The summed E-state index contributed by atoms with van der Waals surface area (Å²) in [5.74, 6) is 2.10. The molecule has 0 radical (unpaired) electrons. The van der Waals surface area contributed by atoms with Gasteiger partial charge < -0.3 is 10.5 Å². The molecular formula is C22H42N2O. The number of nitrogens with zero attached hydrogens (tertiary/aromatic N) is 1. The van der Waals surface area contributed by atoms with Crippen LogP contribution in [0.4, 0.5) is 0 Å². The molecular weight excluding hydrogens is 308 g/mol. The van der Waals surface area contributed by atoms with Crippen molar-refractivity contribution >= 4 is 0 Å². The molecule has 2 N–H and O–H groups in total. The Hall–Kier alpha value is -0.120. The smallest absolute Gasteiger partial charge is 0.0711 e. The SMILES string of the molecule is CC(C)CC1CC2C(CCCCCCC2(C)N)N(C(C)C)C12COC2. The molecule has 3 nitrogen and oxygen atoms in total. The van der Waals surface area contributed by atoms with Gasteiger partial charge in [0.1, 0.15) is 0 Å². The minimum absolute atomic E-state index is 0.0242. The lowest BCUT2D eigenvalue weighted by Gasteiger charge is -2.65. The topological polar surface area (TPSA) is 38.5 Å². The highest BCUT2D eigenvalue weighted by molar-refractivity contribution is 5.13. The van der Waals surface area contributed by atoms with Crippen LogP contribution in [0, 0.1) is 17.8 Å². The fourth-order valence-electron chi connectivity index (χ4n) is 6.34. The third-order valence-electron chi connectivity index (χ3n) is 7.46. The molecule has 2 saturated heterocycles. The van der Waals surface area contributed by atoms with Gasteiger partial charge in [-0.1, -0.05) is 39.5 Å². The molecule has 0 bridgehead atoms. The molecule has 25 heavy (non-hydrogen) atoms. The van der Waals surface area contributed by atoms with Gasteiger partial charge in [0.15, 0.2) is 0 Å². The maximum absolute atomic E-state index is 7.02. The fourth-order valence-corrected chi connectivity index (χ4v) is 6.34. The summed E-state index contributed by atoms with van der Waals surface area (Å²) in [7, 11) is 0. The maximum atomic E-state index is 7.02. The van der Waals surface area contributed by atoms with Crippen LogP contribution in [0.3, 0.4) is 0 Å². The number of likely N-dealkylation sites (tertiary alicyclic amines) is 1. The zero-order valence-corrected chi connectivity index (χ0v) is 17.4. The molecule has 2 aliphatic heterocycles. The third-order valence-corrected chi connectivity index (χ3v) is 7.46. The Morgan fingerprint density at radius 3 is 2.32 bits per heavy atom. The molecule has 4 atom stereocenters. The van der Waals surface area contributed by atoms with Gasteiger partial charge in [0.25, 0.3) is 0 Å². The number of hydrogen-bond acceptors (Lipinski definition) is 3. The second-order valence-electron chi connectivity index (χ2n) is 10.3. The van der Waals surface area contributed by atoms with Crippen LogP contribution in [0.5, 0.6) is 0 Å². The van der Waals surface area contributed by atoms with E-state index < -0.39 is 0 Å². The summed E-state index contributed by atoms with van der Waals surface area (Å²) in [6.07, 6.45) is 10.5. The number of ether oxygens (including phenoxy) is 1. The zero-order chi connectivity index (χ0) is 18.2. The first-order valence-electron chi connectivity index (χ1n) is 10.9. The fraction of sp³-hybridized carbons (Fsp3) is 1.00. The molecule has 0 amide bonds. The Bertz CT molecular complexity index is 441. The standard InChI is InChI=1S/C22H42N2O/c1-16(2)12-18-13-19-20(10-8-6-7-9-11-21(19,5)23)24(17(3)4)22(18)14-25-15-22/h16-20H,6-15,23H2,1-5H3. The lowest BCUT2D eigenvalue weighted by atomic mass is 9.60. The molecule has 2 heterocycles. The van der Waals surface area contributed by atoms with Crippen LogP contribution in [0.1, 0.15) is 86.0 Å². The summed E-state index contributed by atoms with van der Waals surface area (Å²) in [6, 6.07) is 1.21. The van der Waals surface area contributed by atoms with Gasteiger partial charge in [-0.2, -0.15) is 0 Å². The molecule has 3 heteroatoms. The summed E-state index contributed by atoms with van der Waals surface area (Å²) in [5, 5.41) is 0. The molecule has 1 saturated carbocycles. The van der Waals surface area contributed by atoms with Crippen molar-refractivity contribution in [1.82, 2.24) is 4.90 Å². The van der Waals surface area contributed by atoms with Crippen molar-refractivity contribution in [3.05, 3.63) is 0 Å². The summed E-state index contributed by atoms with van der Waals surface area (Å²) < 4.78 is 5.85. The summed E-state index contributed by atoms with van der Waals surface area (Å²) in [5.41, 5.74) is 7.27. The van der Waals surface area contributed by atoms with Crippen molar-refractivity contribution in [3.8, 4) is 0 Å². The van der Waals surface area contributed by atoms with Crippen molar-refractivity contribution in [1.29, 1.82) is 0 Å². The second kappa shape index (κ2) is 7.48. The average Bonchev–Trinajstić information content (AvgIpc) is 2.53. The Balaban J connectivity index is 1.98. The summed E-state index contributed by atoms with van der Waals surface area (Å²) in [6.45, 7) is 13.8. The molecule has 3 fully saturated rings. The number of piperidine rings is 1. The quantitative estimate of drug-likeness (QED) is 0.809. The predicted octanol–water partition coefficient (Wildman–Crippen LogP) is 4.59. The molecule has 4 unspecified atom stereocenters. The van der Waals surface area contributed by atoms with Gasteiger partial charge >= 0.3 is 0 Å². The van der Waals surface area contributed by atoms with Crippen molar-refractivity contribution in [2.45, 2.75) is 109 Å². The van der Waals surface area contributed by atoms with E-state index in [1.165, 1.54) is 51.4 Å². The van der Waals surface area contributed by atoms with E-state index in [2.05, 4.69) is 39.5 Å². The molecule has 1 aliphatic carbocycles. The first kappa shape index (κ1) is 19.6. The van der Waals surface area contributed by atoms with Crippen molar-refractivity contribution in [2.75, 3.05) is 13.2 Å². The van der Waals surface area contributed by atoms with Crippen molar-refractivity contribution in [3.63, 3.8) is 0 Å². The molecule has 1 spiro atoms. The van der Waals surface area contributed by atoms with E-state index in [9.17, 15) is 0 Å². The normalized spacial score (nSPS) is 39.6. The maximum Gasteiger partial charge on any atom is 0.0711 e. The van der Waals surface area contributed by atoms with Crippen LogP contribution in [0.2, 0.25) is 0 Å². The second-order valence-corrected chi connectivity index (χ2v) is 10.3. The summed E-state index contributed by atoms with van der Waals surface area (Å²) in [4.78, 5) is 2.90. The van der Waals surface area contributed by atoms with E-state index >= 15 is 0 Å². The van der Waals surface area contributed by atoms with E-state index in [-0.39, 0.29) is 11.1 Å². The molecule has 3 aliphatic rings. The highest BCUT2D eigenvalue weighted by atomic mass is 16.5. The highest BCUT2D eigenvalue weighted by Gasteiger charge is 2.59.